The van der Waals surface area contributed by atoms with Crippen LogP contribution in [0, 0.1) is 0 Å². The van der Waals surface area contributed by atoms with E-state index in [0.717, 1.165) is 6.29 Å². The molecule has 1 aromatic carbocycles. The largest absolute Gasteiger partial charge is 0.491 e. The Hall–Kier alpha value is -1.06. The molecule has 14 heavy (non-hydrogen) atoms. The van der Waals surface area contributed by atoms with Crippen molar-refractivity contribution in [1.82, 2.24) is 0 Å². The van der Waals surface area contributed by atoms with Gasteiger partial charge in [0.05, 0.1) is 5.88 Å². The van der Waals surface area contributed by atoms with Gasteiger partial charge in [-0.15, -0.1) is 11.6 Å². The molecule has 3 nitrogen and oxygen atoms in total. The molecule has 0 amide bonds. The molecule has 0 bridgehead atoms. The van der Waals surface area contributed by atoms with Crippen LogP contribution in [-0.2, 0) is 0 Å². The number of aliphatic hydroxyl groups excluding tert-OH is 1. The first-order chi connectivity index (χ1) is 6.76. The van der Waals surface area contributed by atoms with E-state index in [1.165, 1.54) is 0 Å². The second-order valence-electron chi connectivity index (χ2n) is 2.81. The molecule has 1 aromatic rings. The molecule has 0 aliphatic carbocycles. The summed E-state index contributed by atoms with van der Waals surface area (Å²) in [5, 5.41) is 9.11. The van der Waals surface area contributed by atoms with E-state index >= 15 is 0 Å². The van der Waals surface area contributed by atoms with Gasteiger partial charge in [-0.25, -0.2) is 0 Å². The van der Waals surface area contributed by atoms with E-state index in [2.05, 4.69) is 0 Å². The Bertz CT molecular complexity index is 284. The highest BCUT2D eigenvalue weighted by molar-refractivity contribution is 6.18. The van der Waals surface area contributed by atoms with Crippen LogP contribution in [0.3, 0.4) is 0 Å². The predicted molar refractivity (Wildman–Crippen MR) is 54.1 cm³/mol. The van der Waals surface area contributed by atoms with Crippen LogP contribution in [0.2, 0.25) is 0 Å². The number of carbonyl (C=O) groups is 1. The minimum Gasteiger partial charge on any atom is -0.491 e. The number of hydrogen-bond acceptors (Lipinski definition) is 3. The maximum Gasteiger partial charge on any atom is 0.150 e. The Morgan fingerprint density at radius 2 is 2.07 bits per heavy atom. The Morgan fingerprint density at radius 1 is 1.43 bits per heavy atom. The molecule has 0 saturated carbocycles. The first-order valence-corrected chi connectivity index (χ1v) is 4.72. The highest BCUT2D eigenvalue weighted by Crippen LogP contribution is 2.11. The van der Waals surface area contributed by atoms with Crippen molar-refractivity contribution in [3.63, 3.8) is 0 Å². The molecule has 0 aliphatic heterocycles. The Labute approximate surface area is 87.3 Å². The molecule has 0 fully saturated rings. The van der Waals surface area contributed by atoms with E-state index in [1.54, 1.807) is 24.3 Å². The summed E-state index contributed by atoms with van der Waals surface area (Å²) < 4.78 is 5.21. The molecule has 0 spiro atoms. The zero-order chi connectivity index (χ0) is 10.4. The van der Waals surface area contributed by atoms with E-state index < -0.39 is 6.10 Å². The first-order valence-electron chi connectivity index (χ1n) is 4.18. The predicted octanol–water partition coefficient (Wildman–Crippen LogP) is 1.48. The van der Waals surface area contributed by atoms with Gasteiger partial charge in [0, 0.05) is 5.56 Å². The van der Waals surface area contributed by atoms with Gasteiger partial charge in [0.25, 0.3) is 0 Å². The summed E-state index contributed by atoms with van der Waals surface area (Å²) in [5.41, 5.74) is 0.593. The van der Waals surface area contributed by atoms with Gasteiger partial charge < -0.3 is 9.84 Å². The SMILES string of the molecule is O=Cc1ccc(OCC(O)CCl)cc1. The zero-order valence-corrected chi connectivity index (χ0v) is 8.28. The summed E-state index contributed by atoms with van der Waals surface area (Å²) in [6.07, 6.45) is 0.0969. The molecule has 0 radical (unpaired) electrons. The van der Waals surface area contributed by atoms with Crippen molar-refractivity contribution >= 4 is 17.9 Å². The molecule has 0 saturated heterocycles. The van der Waals surface area contributed by atoms with Crippen molar-refractivity contribution in [3.8, 4) is 5.75 Å². The van der Waals surface area contributed by atoms with Crippen LogP contribution in [0.5, 0.6) is 5.75 Å². The molecule has 0 aliphatic rings. The van der Waals surface area contributed by atoms with Gasteiger partial charge in [-0.2, -0.15) is 0 Å². The van der Waals surface area contributed by atoms with E-state index in [4.69, 9.17) is 21.4 Å². The Morgan fingerprint density at radius 3 is 2.57 bits per heavy atom. The lowest BCUT2D eigenvalue weighted by atomic mass is 10.2. The fourth-order valence-corrected chi connectivity index (χ4v) is 0.969. The van der Waals surface area contributed by atoms with Crippen LogP contribution in [0.15, 0.2) is 24.3 Å². The number of halogens is 1. The summed E-state index contributed by atoms with van der Waals surface area (Å²) in [6.45, 7) is 0.157. The zero-order valence-electron chi connectivity index (χ0n) is 7.52. The van der Waals surface area contributed by atoms with Gasteiger partial charge in [-0.3, -0.25) is 4.79 Å². The summed E-state index contributed by atoms with van der Waals surface area (Å²) in [5.74, 6) is 0.756. The molecule has 0 heterocycles. The first kappa shape index (κ1) is 11.0. The number of carbonyl (C=O) groups excluding carboxylic acids is 1. The van der Waals surface area contributed by atoms with Gasteiger partial charge in [-0.05, 0) is 24.3 Å². The smallest absolute Gasteiger partial charge is 0.150 e. The average molecular weight is 215 g/mol. The lowest BCUT2D eigenvalue weighted by molar-refractivity contribution is 0.112. The number of alkyl halides is 1. The molecule has 1 unspecified atom stereocenters. The van der Waals surface area contributed by atoms with Gasteiger partial charge >= 0.3 is 0 Å². The molecule has 1 rings (SSSR count). The molecule has 1 N–H and O–H groups in total. The summed E-state index contributed by atoms with van der Waals surface area (Å²) in [6, 6.07) is 6.64. The lowest BCUT2D eigenvalue weighted by Crippen LogP contribution is -2.18. The monoisotopic (exact) mass is 214 g/mol. The summed E-state index contributed by atoms with van der Waals surface area (Å²) in [7, 11) is 0. The van der Waals surface area contributed by atoms with Gasteiger partial charge in [0.1, 0.15) is 24.7 Å². The molecule has 76 valence electrons. The second-order valence-corrected chi connectivity index (χ2v) is 3.11. The maximum atomic E-state index is 10.3. The van der Waals surface area contributed by atoms with Crippen molar-refractivity contribution in [2.45, 2.75) is 6.10 Å². The van der Waals surface area contributed by atoms with Crippen LogP contribution >= 0.6 is 11.6 Å². The quantitative estimate of drug-likeness (QED) is 0.597. The Balaban J connectivity index is 2.47. The number of ether oxygens (including phenoxy) is 1. The maximum absolute atomic E-state index is 10.3. The van der Waals surface area contributed by atoms with E-state index in [0.29, 0.717) is 11.3 Å². The van der Waals surface area contributed by atoms with E-state index in [-0.39, 0.29) is 12.5 Å². The number of aliphatic hydroxyl groups is 1. The van der Waals surface area contributed by atoms with Crippen molar-refractivity contribution in [1.29, 1.82) is 0 Å². The van der Waals surface area contributed by atoms with Crippen LogP contribution in [0.25, 0.3) is 0 Å². The normalized spacial score (nSPS) is 12.1. The topological polar surface area (TPSA) is 46.5 Å². The van der Waals surface area contributed by atoms with Gasteiger partial charge in [0.15, 0.2) is 0 Å². The molecular weight excluding hydrogens is 204 g/mol. The minimum atomic E-state index is -0.664. The molecule has 4 heteroatoms. The number of rotatable bonds is 5. The lowest BCUT2D eigenvalue weighted by Gasteiger charge is -2.09. The molecule has 1 atom stereocenters. The van der Waals surface area contributed by atoms with E-state index in [1.807, 2.05) is 0 Å². The third-order valence-corrected chi connectivity index (χ3v) is 1.99. The third-order valence-electron chi connectivity index (χ3n) is 1.64. The number of aldehydes is 1. The molecule has 0 aromatic heterocycles. The number of hydrogen-bond donors (Lipinski definition) is 1. The van der Waals surface area contributed by atoms with Crippen LogP contribution < -0.4 is 4.74 Å². The van der Waals surface area contributed by atoms with Crippen LogP contribution in [0.4, 0.5) is 0 Å². The standard InChI is InChI=1S/C10H11ClO3/c11-5-9(13)7-14-10-3-1-8(6-12)2-4-10/h1-4,6,9,13H,5,7H2. The summed E-state index contributed by atoms with van der Waals surface area (Å²) >= 11 is 5.39. The summed E-state index contributed by atoms with van der Waals surface area (Å²) in [4.78, 5) is 10.3. The fourth-order valence-electron chi connectivity index (χ4n) is 0.880. The second kappa shape index (κ2) is 5.62. The van der Waals surface area contributed by atoms with Crippen molar-refractivity contribution in [2.75, 3.05) is 12.5 Å². The van der Waals surface area contributed by atoms with Crippen molar-refractivity contribution in [2.24, 2.45) is 0 Å². The minimum absolute atomic E-state index is 0.145. The highest BCUT2D eigenvalue weighted by atomic mass is 35.5. The van der Waals surface area contributed by atoms with Crippen molar-refractivity contribution < 1.29 is 14.6 Å². The van der Waals surface area contributed by atoms with Crippen molar-refractivity contribution in [3.05, 3.63) is 29.8 Å². The molecular formula is C10H11ClO3. The average Bonchev–Trinajstić information content (AvgIpc) is 2.26. The van der Waals surface area contributed by atoms with Gasteiger partial charge in [-0.1, -0.05) is 0 Å². The van der Waals surface area contributed by atoms with Crippen LogP contribution in [-0.4, -0.2) is 30.0 Å². The van der Waals surface area contributed by atoms with Crippen LogP contribution in [0.1, 0.15) is 10.4 Å². The highest BCUT2D eigenvalue weighted by Gasteiger charge is 2.02. The van der Waals surface area contributed by atoms with Gasteiger partial charge in [0.2, 0.25) is 0 Å². The fraction of sp³-hybridized carbons (Fsp3) is 0.300. The third kappa shape index (κ3) is 3.36. The van der Waals surface area contributed by atoms with E-state index in [9.17, 15) is 4.79 Å². The Kier molecular flexibility index (Phi) is 4.43. The number of benzene rings is 1.